The summed E-state index contributed by atoms with van der Waals surface area (Å²) >= 11 is 0. The lowest BCUT2D eigenvalue weighted by molar-refractivity contribution is -0.294. The first-order chi connectivity index (χ1) is 23.1. The zero-order valence-electron chi connectivity index (χ0n) is 26.6. The standard InChI is InChI=1S/C39H41NO7/c1-42-35(41)22-23-39(29-40)38(46-27-33-20-12-5-13-21-33)37(45-26-32-18-10-4-11-19-32)36(44-25-31-16-8-3-9-17-31)34(47-39)28-43-24-30-14-6-2-7-15-30/h2-21,34,36-38H,22-28H2,1H3/t34-,36-,37+,38-,39-/m1/s1. The van der Waals surface area contributed by atoms with E-state index in [1.807, 2.05) is 121 Å². The predicted molar refractivity (Wildman–Crippen MR) is 176 cm³/mol. The van der Waals surface area contributed by atoms with Crippen LogP contribution < -0.4 is 0 Å². The Morgan fingerprint density at radius 1 is 0.681 bits per heavy atom. The van der Waals surface area contributed by atoms with Gasteiger partial charge >= 0.3 is 5.97 Å². The molecule has 1 fully saturated rings. The number of nitrogens with zero attached hydrogens (tertiary/aromatic N) is 1. The summed E-state index contributed by atoms with van der Waals surface area (Å²) in [6.45, 7) is 1.19. The van der Waals surface area contributed by atoms with Gasteiger partial charge in [0, 0.05) is 12.8 Å². The Labute approximate surface area is 276 Å². The van der Waals surface area contributed by atoms with Crippen LogP contribution in [-0.2, 0) is 59.6 Å². The number of hydrogen-bond donors (Lipinski definition) is 0. The Morgan fingerprint density at radius 3 is 1.60 bits per heavy atom. The minimum atomic E-state index is -1.57. The summed E-state index contributed by atoms with van der Waals surface area (Å²) in [6, 6.07) is 41.6. The molecule has 1 heterocycles. The van der Waals surface area contributed by atoms with Crippen molar-refractivity contribution < 1.29 is 33.2 Å². The van der Waals surface area contributed by atoms with Gasteiger partial charge in [0.2, 0.25) is 0 Å². The Kier molecular flexibility index (Phi) is 12.7. The first kappa shape index (κ1) is 34.0. The van der Waals surface area contributed by atoms with Gasteiger partial charge in [-0.25, -0.2) is 0 Å². The van der Waals surface area contributed by atoms with Crippen molar-refractivity contribution in [3.8, 4) is 6.07 Å². The molecule has 0 spiro atoms. The molecule has 0 aromatic heterocycles. The van der Waals surface area contributed by atoms with Gasteiger partial charge in [0.15, 0.2) is 5.60 Å². The van der Waals surface area contributed by atoms with Crippen molar-refractivity contribution in [1.29, 1.82) is 5.26 Å². The highest BCUT2D eigenvalue weighted by Gasteiger charge is 2.57. The second kappa shape index (κ2) is 17.5. The van der Waals surface area contributed by atoms with Gasteiger partial charge in [-0.3, -0.25) is 4.79 Å². The first-order valence-electron chi connectivity index (χ1n) is 15.8. The molecule has 47 heavy (non-hydrogen) atoms. The zero-order chi connectivity index (χ0) is 32.7. The van der Waals surface area contributed by atoms with E-state index in [1.165, 1.54) is 7.11 Å². The average molecular weight is 636 g/mol. The van der Waals surface area contributed by atoms with Crippen LogP contribution in [0.1, 0.15) is 35.1 Å². The predicted octanol–water partition coefficient (Wildman–Crippen LogP) is 6.57. The molecule has 0 radical (unpaired) electrons. The summed E-state index contributed by atoms with van der Waals surface area (Å²) in [5.41, 5.74) is 2.28. The Balaban J connectivity index is 1.50. The normalized spacial score (nSPS) is 22.3. The van der Waals surface area contributed by atoms with Gasteiger partial charge in [-0.1, -0.05) is 121 Å². The molecule has 244 valence electrons. The van der Waals surface area contributed by atoms with Crippen LogP contribution in [0.15, 0.2) is 121 Å². The number of hydrogen-bond acceptors (Lipinski definition) is 8. The van der Waals surface area contributed by atoms with Gasteiger partial charge < -0.3 is 28.4 Å². The molecule has 1 aliphatic heterocycles. The van der Waals surface area contributed by atoms with E-state index in [-0.39, 0.29) is 39.3 Å². The molecule has 0 N–H and O–H groups in total. The number of carbonyl (C=O) groups excluding carboxylic acids is 1. The van der Waals surface area contributed by atoms with Crippen molar-refractivity contribution in [3.63, 3.8) is 0 Å². The summed E-state index contributed by atoms with van der Waals surface area (Å²) in [5.74, 6) is -0.453. The maximum Gasteiger partial charge on any atom is 0.305 e. The third kappa shape index (κ3) is 9.58. The van der Waals surface area contributed by atoms with Gasteiger partial charge in [0.05, 0.1) is 40.1 Å². The molecule has 1 aliphatic rings. The smallest absolute Gasteiger partial charge is 0.305 e. The molecule has 8 nitrogen and oxygen atoms in total. The van der Waals surface area contributed by atoms with E-state index in [0.29, 0.717) is 6.61 Å². The maximum atomic E-state index is 12.4. The van der Waals surface area contributed by atoms with Crippen LogP contribution in [-0.4, -0.2) is 49.7 Å². The Bertz CT molecular complexity index is 1530. The van der Waals surface area contributed by atoms with Gasteiger partial charge in [0.25, 0.3) is 0 Å². The van der Waals surface area contributed by atoms with Crippen molar-refractivity contribution in [1.82, 2.24) is 0 Å². The monoisotopic (exact) mass is 635 g/mol. The number of nitriles is 1. The fourth-order valence-electron chi connectivity index (χ4n) is 5.69. The van der Waals surface area contributed by atoms with Crippen LogP contribution in [0.4, 0.5) is 0 Å². The van der Waals surface area contributed by atoms with Crippen LogP contribution in [0.2, 0.25) is 0 Å². The fraction of sp³-hybridized carbons (Fsp3) is 0.333. The first-order valence-corrected chi connectivity index (χ1v) is 15.8. The second-order valence-corrected chi connectivity index (χ2v) is 11.5. The van der Waals surface area contributed by atoms with Crippen molar-refractivity contribution in [3.05, 3.63) is 144 Å². The third-order valence-electron chi connectivity index (χ3n) is 8.16. The minimum Gasteiger partial charge on any atom is -0.469 e. The Hall–Kier alpha value is -4.36. The molecule has 1 saturated heterocycles. The molecule has 0 aliphatic carbocycles. The SMILES string of the molecule is COC(=O)CC[C@]1(C#N)O[C@H](COCc2ccccc2)[C@@H](OCc2ccccc2)[C@H](OCc2ccccc2)[C@H]1OCc1ccccc1. The summed E-state index contributed by atoms with van der Waals surface area (Å²) in [5, 5.41) is 10.9. The second-order valence-electron chi connectivity index (χ2n) is 11.5. The van der Waals surface area contributed by atoms with Crippen LogP contribution in [0, 0.1) is 11.3 Å². The molecule has 5 rings (SSSR count). The molecule has 8 heteroatoms. The third-order valence-corrected chi connectivity index (χ3v) is 8.16. The molecule has 0 bridgehead atoms. The number of ether oxygens (including phenoxy) is 6. The van der Waals surface area contributed by atoms with Gasteiger partial charge in [-0.15, -0.1) is 0 Å². The molecule has 0 saturated carbocycles. The Morgan fingerprint density at radius 2 is 1.13 bits per heavy atom. The van der Waals surface area contributed by atoms with E-state index < -0.39 is 36.0 Å². The molecule has 0 unspecified atom stereocenters. The van der Waals surface area contributed by atoms with E-state index in [1.54, 1.807) is 0 Å². The molecular formula is C39H41NO7. The van der Waals surface area contributed by atoms with Crippen molar-refractivity contribution in [2.75, 3.05) is 13.7 Å². The highest BCUT2D eigenvalue weighted by Crippen LogP contribution is 2.39. The lowest BCUT2D eigenvalue weighted by Gasteiger charge is -2.50. The average Bonchev–Trinajstić information content (AvgIpc) is 3.13. The van der Waals surface area contributed by atoms with Gasteiger partial charge in [-0.05, 0) is 22.3 Å². The molecular weight excluding hydrogens is 594 g/mol. The summed E-state index contributed by atoms with van der Waals surface area (Å²) < 4.78 is 37.8. The number of esters is 1. The largest absolute Gasteiger partial charge is 0.469 e. The molecule has 4 aromatic rings. The van der Waals surface area contributed by atoms with E-state index in [0.717, 1.165) is 22.3 Å². The van der Waals surface area contributed by atoms with Crippen LogP contribution in [0.3, 0.4) is 0 Å². The zero-order valence-corrected chi connectivity index (χ0v) is 26.6. The van der Waals surface area contributed by atoms with Gasteiger partial charge in [-0.2, -0.15) is 5.26 Å². The van der Waals surface area contributed by atoms with Crippen molar-refractivity contribution in [2.24, 2.45) is 0 Å². The van der Waals surface area contributed by atoms with E-state index in [9.17, 15) is 10.1 Å². The minimum absolute atomic E-state index is 0.0292. The maximum absolute atomic E-state index is 12.4. The van der Waals surface area contributed by atoms with Crippen molar-refractivity contribution >= 4 is 5.97 Å². The highest BCUT2D eigenvalue weighted by molar-refractivity contribution is 5.69. The van der Waals surface area contributed by atoms with E-state index >= 15 is 0 Å². The number of carbonyl (C=O) groups is 1. The number of methoxy groups -OCH3 is 1. The van der Waals surface area contributed by atoms with E-state index in [2.05, 4.69) is 6.07 Å². The van der Waals surface area contributed by atoms with Gasteiger partial charge in [0.1, 0.15) is 30.5 Å². The summed E-state index contributed by atoms with van der Waals surface area (Å²) in [7, 11) is 1.33. The number of benzene rings is 4. The molecule has 5 atom stereocenters. The summed E-state index contributed by atoms with van der Waals surface area (Å²) in [6.07, 6.45) is -3.12. The quantitative estimate of drug-likeness (QED) is 0.128. The highest BCUT2D eigenvalue weighted by atomic mass is 16.6. The van der Waals surface area contributed by atoms with Crippen LogP contribution in [0.5, 0.6) is 0 Å². The summed E-state index contributed by atoms with van der Waals surface area (Å²) in [4.78, 5) is 12.4. The fourth-order valence-corrected chi connectivity index (χ4v) is 5.69. The topological polar surface area (TPSA) is 96.2 Å². The van der Waals surface area contributed by atoms with Crippen LogP contribution >= 0.6 is 0 Å². The number of rotatable bonds is 16. The van der Waals surface area contributed by atoms with E-state index in [4.69, 9.17) is 28.4 Å². The van der Waals surface area contributed by atoms with Crippen molar-refractivity contribution in [2.45, 2.75) is 69.3 Å². The molecule has 4 aromatic carbocycles. The lowest BCUT2D eigenvalue weighted by Crippen LogP contribution is -2.66. The van der Waals surface area contributed by atoms with Crippen LogP contribution in [0.25, 0.3) is 0 Å². The lowest BCUT2D eigenvalue weighted by atomic mass is 9.82. The molecule has 0 amide bonds.